The predicted molar refractivity (Wildman–Crippen MR) is 175 cm³/mol. The fraction of sp³-hybridized carbons (Fsp3) is 0.250. The summed E-state index contributed by atoms with van der Waals surface area (Å²) >= 11 is 0. The van der Waals surface area contributed by atoms with Crippen molar-refractivity contribution in [1.82, 2.24) is 0 Å². The topological polar surface area (TPSA) is 0 Å². The molecule has 7 heteroatoms. The molecule has 0 aliphatic heterocycles. The van der Waals surface area contributed by atoms with Gasteiger partial charge in [-0.3, -0.25) is 0 Å². The first kappa shape index (κ1) is 38.8. The number of rotatable bonds is 14. The minimum atomic E-state index is 0. The summed E-state index contributed by atoms with van der Waals surface area (Å²) in [5.74, 6) is 0. The minimum Gasteiger partial charge on any atom is -1.00 e. The molecule has 0 N–H and O–H groups in total. The van der Waals surface area contributed by atoms with E-state index in [1.54, 1.807) is 0 Å². The van der Waals surface area contributed by atoms with Gasteiger partial charge in [0.25, 0.3) is 0 Å². The first-order chi connectivity index (χ1) is 17.9. The van der Waals surface area contributed by atoms with E-state index in [1.807, 2.05) is 0 Å². The van der Waals surface area contributed by atoms with Crippen LogP contribution in [0.2, 0.25) is 0 Å². The molecule has 4 unspecified atom stereocenters. The molecule has 0 saturated carbocycles. The second kappa shape index (κ2) is 26.7. The van der Waals surface area contributed by atoms with Gasteiger partial charge in [-0.25, -0.2) is 0 Å². The van der Waals surface area contributed by atoms with Gasteiger partial charge in [-0.15, -0.1) is 0 Å². The van der Waals surface area contributed by atoms with Crippen LogP contribution in [-0.2, 0) is 20.4 Å². The molecular weight excluding hydrogens is 686 g/mol. The first-order valence-electron chi connectivity index (χ1n) is 13.1. The molecule has 0 nitrogen and oxygen atoms in total. The van der Waals surface area contributed by atoms with E-state index in [4.69, 9.17) is 0 Å². The maximum atomic E-state index is 2.24. The molecule has 0 saturated heterocycles. The van der Waals surface area contributed by atoms with Crippen LogP contribution in [0.5, 0.6) is 0 Å². The van der Waals surface area contributed by atoms with Gasteiger partial charge < -0.3 is 24.8 Å². The van der Waals surface area contributed by atoms with E-state index < -0.39 is 0 Å². The smallest absolute Gasteiger partial charge is 1.00 e. The van der Waals surface area contributed by atoms with Crippen molar-refractivity contribution in [2.75, 3.05) is 24.6 Å². The molecule has 0 aromatic heterocycles. The second-order valence-corrected chi connectivity index (χ2v) is 14.3. The molecule has 0 spiro atoms. The molecule has 212 valence electrons. The average molecular weight is 726 g/mol. The van der Waals surface area contributed by atoms with Gasteiger partial charge in [-0.2, -0.15) is 0 Å². The van der Waals surface area contributed by atoms with E-state index in [-0.39, 0.29) is 45.2 Å². The number of benzene rings is 4. The van der Waals surface area contributed by atoms with E-state index in [1.165, 1.54) is 71.5 Å². The van der Waals surface area contributed by atoms with Crippen molar-refractivity contribution < 1.29 is 45.2 Å². The summed E-state index contributed by atoms with van der Waals surface area (Å²) in [6, 6.07) is 43.4. The summed E-state index contributed by atoms with van der Waals surface area (Å²) in [4.78, 5) is 0. The maximum absolute atomic E-state index is 2.24. The second-order valence-electron chi connectivity index (χ2n) is 8.59. The summed E-state index contributed by atoms with van der Waals surface area (Å²) in [6.07, 6.45) is 10.9. The fourth-order valence-corrected chi connectivity index (χ4v) is 8.23. The van der Waals surface area contributed by atoms with Gasteiger partial charge in [-0.05, 0) is 71.5 Å². The molecule has 0 aliphatic carbocycles. The van der Waals surface area contributed by atoms with E-state index in [9.17, 15) is 0 Å². The van der Waals surface area contributed by atoms with Crippen LogP contribution >= 0.6 is 34.3 Å². The SMILES string of the molecule is [Cl-].[Cl-].[Pd+2].c1ccc(PCCCCPc2ccccc2)cc1.c1ccc(PCCCCPc2ccccc2)cc1. The Hall–Kier alpha value is -0.158. The van der Waals surface area contributed by atoms with Gasteiger partial charge in [-0.1, -0.05) is 156 Å². The molecule has 4 rings (SSSR count). The van der Waals surface area contributed by atoms with E-state index in [0.717, 1.165) is 34.3 Å². The third-order valence-electron chi connectivity index (χ3n) is 5.62. The Balaban J connectivity index is 0.000000688. The Labute approximate surface area is 270 Å². The molecule has 0 heterocycles. The van der Waals surface area contributed by atoms with E-state index >= 15 is 0 Å². The Kier molecular flexibility index (Phi) is 26.6. The maximum Gasteiger partial charge on any atom is 2.00 e. The zero-order valence-corrected chi connectivity index (χ0v) is 29.3. The summed E-state index contributed by atoms with van der Waals surface area (Å²) in [6.45, 7) is 0. The Morgan fingerprint density at radius 1 is 0.308 bits per heavy atom. The number of unbranched alkanes of at least 4 members (excludes halogenated alkanes) is 2. The zero-order chi connectivity index (χ0) is 24.9. The van der Waals surface area contributed by atoms with Gasteiger partial charge in [0, 0.05) is 0 Å². The number of hydrogen-bond donors (Lipinski definition) is 0. The van der Waals surface area contributed by atoms with Crippen LogP contribution < -0.4 is 46.0 Å². The summed E-state index contributed by atoms with van der Waals surface area (Å²) in [7, 11) is 3.94. The van der Waals surface area contributed by atoms with Crippen molar-refractivity contribution in [2.24, 2.45) is 0 Å². The monoisotopic (exact) mass is 724 g/mol. The third-order valence-corrected chi connectivity index (χ3v) is 11.0. The average Bonchev–Trinajstić information content (AvgIpc) is 2.95. The van der Waals surface area contributed by atoms with Crippen LogP contribution in [0.15, 0.2) is 121 Å². The molecule has 4 aromatic carbocycles. The van der Waals surface area contributed by atoms with E-state index in [0.29, 0.717) is 0 Å². The van der Waals surface area contributed by atoms with Crippen molar-refractivity contribution >= 4 is 55.5 Å². The van der Waals surface area contributed by atoms with Gasteiger partial charge in [0.2, 0.25) is 0 Å². The molecule has 4 atom stereocenters. The van der Waals surface area contributed by atoms with Crippen LogP contribution in [0, 0.1) is 0 Å². The van der Waals surface area contributed by atoms with Gasteiger partial charge in [0.15, 0.2) is 0 Å². The normalized spacial score (nSPS) is 10.9. The summed E-state index contributed by atoms with van der Waals surface area (Å²) in [5, 5.41) is 6.01. The third kappa shape index (κ3) is 19.6. The standard InChI is InChI=1S/2C16H20P2.2ClH.Pd/c2*1-3-9-15(10-4-1)17-13-7-8-14-18-16-11-5-2-6-12-16;;;/h2*1-6,9-12,17-18H,7-8,13-14H2;2*1H;/q;;;;+2/p-2. The van der Waals surface area contributed by atoms with E-state index in [2.05, 4.69) is 121 Å². The molecule has 39 heavy (non-hydrogen) atoms. The molecular formula is C32H40Cl2P4Pd. The van der Waals surface area contributed by atoms with Gasteiger partial charge >= 0.3 is 20.4 Å². The minimum absolute atomic E-state index is 0. The van der Waals surface area contributed by atoms with Crippen LogP contribution in [0.3, 0.4) is 0 Å². The van der Waals surface area contributed by atoms with Crippen LogP contribution in [0.1, 0.15) is 25.7 Å². The Morgan fingerprint density at radius 2 is 0.487 bits per heavy atom. The number of hydrogen-bond acceptors (Lipinski definition) is 0. The van der Waals surface area contributed by atoms with Crippen molar-refractivity contribution in [1.29, 1.82) is 0 Å². The van der Waals surface area contributed by atoms with Crippen molar-refractivity contribution in [3.05, 3.63) is 121 Å². The van der Waals surface area contributed by atoms with Crippen LogP contribution in [0.25, 0.3) is 0 Å². The Morgan fingerprint density at radius 3 is 0.667 bits per heavy atom. The molecule has 0 aliphatic rings. The first-order valence-corrected chi connectivity index (χ1v) is 17.9. The largest absolute Gasteiger partial charge is 2.00 e. The van der Waals surface area contributed by atoms with Gasteiger partial charge in [0.05, 0.1) is 0 Å². The van der Waals surface area contributed by atoms with Crippen LogP contribution in [-0.4, -0.2) is 24.6 Å². The van der Waals surface area contributed by atoms with Crippen molar-refractivity contribution in [3.8, 4) is 0 Å². The molecule has 0 amide bonds. The molecule has 0 fully saturated rings. The van der Waals surface area contributed by atoms with Gasteiger partial charge in [0.1, 0.15) is 0 Å². The fourth-order valence-electron chi connectivity index (χ4n) is 3.65. The predicted octanol–water partition coefficient (Wildman–Crippen LogP) is 1.55. The molecule has 0 bridgehead atoms. The molecule has 4 aromatic rings. The summed E-state index contributed by atoms with van der Waals surface area (Å²) < 4.78 is 0. The van der Waals surface area contributed by atoms with Crippen molar-refractivity contribution in [3.63, 3.8) is 0 Å². The Bertz CT molecular complexity index is 869. The number of halogens is 2. The summed E-state index contributed by atoms with van der Waals surface area (Å²) in [5.41, 5.74) is 0. The quantitative estimate of drug-likeness (QED) is 0.105. The zero-order valence-electron chi connectivity index (χ0n) is 22.3. The van der Waals surface area contributed by atoms with Crippen LogP contribution in [0.4, 0.5) is 0 Å². The van der Waals surface area contributed by atoms with Crippen molar-refractivity contribution in [2.45, 2.75) is 25.7 Å². The molecule has 0 radical (unpaired) electrons.